The molecule has 0 spiro atoms. The Bertz CT molecular complexity index is 1280. The van der Waals surface area contributed by atoms with Gasteiger partial charge in [-0.2, -0.15) is 14.5 Å². The van der Waals surface area contributed by atoms with Crippen LogP contribution in [0.2, 0.25) is 0 Å². The molecule has 0 bridgehead atoms. The minimum absolute atomic E-state index is 0.0637. The lowest BCUT2D eigenvalue weighted by atomic mass is 10.1. The number of β-amino-alcohol motifs (C(OH)–C–C–N with tert-alkyl or cyclic N) is 1. The van der Waals surface area contributed by atoms with E-state index >= 15 is 0 Å². The van der Waals surface area contributed by atoms with E-state index < -0.39 is 11.8 Å². The molecule has 1 saturated heterocycles. The molecule has 1 aliphatic rings. The summed E-state index contributed by atoms with van der Waals surface area (Å²) in [7, 11) is 1.72. The Balaban J connectivity index is 1.33. The summed E-state index contributed by atoms with van der Waals surface area (Å²) in [5.41, 5.74) is 1.34. The molecule has 1 fully saturated rings. The molecule has 5 rings (SSSR count). The van der Waals surface area contributed by atoms with Gasteiger partial charge < -0.3 is 15.3 Å². The standard InChI is InChI=1S/C22H22F2N8O/c1-12-10-32(11-18(12)33)19-6-3-13(8-25-19)21-28-22(31(2)30-21)27-14-4-5-15(17(23)7-14)16-9-26-29-20(16)24/h3-9,12,18,33H,10-11H2,1-2H3,(H,26,29)(H,27,28,30)/t12-,18-/m1/s1. The molecule has 4 aromatic rings. The predicted octanol–water partition coefficient (Wildman–Crippen LogP) is 3.11. The number of halogens is 2. The van der Waals surface area contributed by atoms with E-state index in [0.717, 1.165) is 17.9 Å². The molecule has 0 radical (unpaired) electrons. The Morgan fingerprint density at radius 3 is 2.61 bits per heavy atom. The molecular formula is C22H22F2N8O. The molecule has 0 saturated carbocycles. The zero-order valence-corrected chi connectivity index (χ0v) is 18.0. The average Bonchev–Trinajstić information content (AvgIpc) is 3.48. The van der Waals surface area contributed by atoms with Crippen LogP contribution in [0.1, 0.15) is 6.92 Å². The van der Waals surface area contributed by atoms with E-state index in [1.165, 1.54) is 18.3 Å². The zero-order chi connectivity index (χ0) is 23.1. The molecule has 2 atom stereocenters. The van der Waals surface area contributed by atoms with Crippen LogP contribution in [0.15, 0.2) is 42.7 Å². The lowest BCUT2D eigenvalue weighted by molar-refractivity contribution is 0.157. The average molecular weight is 452 g/mol. The summed E-state index contributed by atoms with van der Waals surface area (Å²) in [5.74, 6) is 0.585. The van der Waals surface area contributed by atoms with Gasteiger partial charge in [-0.1, -0.05) is 6.92 Å². The molecule has 3 N–H and O–H groups in total. The largest absolute Gasteiger partial charge is 0.391 e. The summed E-state index contributed by atoms with van der Waals surface area (Å²) in [6.45, 7) is 3.33. The summed E-state index contributed by atoms with van der Waals surface area (Å²) >= 11 is 0. The number of nitrogens with one attached hydrogen (secondary N) is 2. The number of benzene rings is 1. The van der Waals surface area contributed by atoms with Gasteiger partial charge in [-0.3, -0.25) is 5.10 Å². The normalized spacial score (nSPS) is 18.2. The van der Waals surface area contributed by atoms with E-state index in [-0.39, 0.29) is 23.1 Å². The smallest absolute Gasteiger partial charge is 0.225 e. The fourth-order valence-electron chi connectivity index (χ4n) is 3.86. The van der Waals surface area contributed by atoms with Crippen molar-refractivity contribution in [3.63, 3.8) is 0 Å². The van der Waals surface area contributed by atoms with Crippen molar-refractivity contribution in [1.82, 2.24) is 29.9 Å². The molecule has 9 nitrogen and oxygen atoms in total. The van der Waals surface area contributed by atoms with E-state index in [0.29, 0.717) is 24.0 Å². The van der Waals surface area contributed by atoms with E-state index in [1.807, 2.05) is 24.0 Å². The third-order valence-corrected chi connectivity index (χ3v) is 5.77. The Labute approximate surface area is 188 Å². The van der Waals surface area contributed by atoms with Crippen molar-refractivity contribution in [3.05, 3.63) is 54.5 Å². The van der Waals surface area contributed by atoms with Crippen LogP contribution in [-0.2, 0) is 7.05 Å². The van der Waals surface area contributed by atoms with Crippen molar-refractivity contribution in [3.8, 4) is 22.5 Å². The first-order valence-corrected chi connectivity index (χ1v) is 10.5. The summed E-state index contributed by atoms with van der Waals surface area (Å²) in [6.07, 6.45) is 2.58. The molecule has 0 amide bonds. The number of hydrogen-bond acceptors (Lipinski definition) is 7. The predicted molar refractivity (Wildman–Crippen MR) is 119 cm³/mol. The van der Waals surface area contributed by atoms with Crippen molar-refractivity contribution >= 4 is 17.5 Å². The van der Waals surface area contributed by atoms with Crippen LogP contribution in [0.3, 0.4) is 0 Å². The highest BCUT2D eigenvalue weighted by Gasteiger charge is 2.28. The summed E-state index contributed by atoms with van der Waals surface area (Å²) in [5, 5.41) is 23.2. The quantitative estimate of drug-likeness (QED) is 0.427. The van der Waals surface area contributed by atoms with Crippen LogP contribution in [0, 0.1) is 17.7 Å². The Morgan fingerprint density at radius 1 is 1.12 bits per heavy atom. The number of pyridine rings is 1. The van der Waals surface area contributed by atoms with Gasteiger partial charge in [-0.05, 0) is 30.3 Å². The third kappa shape index (κ3) is 4.02. The molecule has 11 heteroatoms. The van der Waals surface area contributed by atoms with Gasteiger partial charge >= 0.3 is 0 Å². The van der Waals surface area contributed by atoms with E-state index in [2.05, 4.69) is 30.6 Å². The van der Waals surface area contributed by atoms with Crippen molar-refractivity contribution < 1.29 is 13.9 Å². The number of nitrogens with zero attached hydrogens (tertiary/aromatic N) is 6. The van der Waals surface area contributed by atoms with Crippen LogP contribution >= 0.6 is 0 Å². The van der Waals surface area contributed by atoms with Gasteiger partial charge in [0.05, 0.1) is 17.9 Å². The lowest BCUT2D eigenvalue weighted by Gasteiger charge is -2.16. The number of aryl methyl sites for hydroxylation is 1. The number of H-pyrrole nitrogens is 1. The molecule has 3 aromatic heterocycles. The Morgan fingerprint density at radius 2 is 1.97 bits per heavy atom. The second kappa shape index (κ2) is 8.24. The van der Waals surface area contributed by atoms with Crippen LogP contribution in [0.4, 0.5) is 26.2 Å². The SMILES string of the molecule is C[C@@H]1CN(c2ccc(-c3nc(Nc4ccc(-c5cn[nH]c5F)c(F)c4)n(C)n3)cn2)C[C@H]1O. The van der Waals surface area contributed by atoms with Gasteiger partial charge in [-0.15, -0.1) is 5.10 Å². The fraction of sp³-hybridized carbons (Fsp3) is 0.273. The Kier molecular flexibility index (Phi) is 5.25. The van der Waals surface area contributed by atoms with E-state index in [1.54, 1.807) is 24.0 Å². The molecule has 33 heavy (non-hydrogen) atoms. The second-order valence-electron chi connectivity index (χ2n) is 8.15. The highest BCUT2D eigenvalue weighted by Crippen LogP contribution is 2.28. The van der Waals surface area contributed by atoms with Gasteiger partial charge in [0.15, 0.2) is 5.82 Å². The van der Waals surface area contributed by atoms with Gasteiger partial charge in [0, 0.05) is 49.1 Å². The van der Waals surface area contributed by atoms with Crippen LogP contribution in [0.25, 0.3) is 22.5 Å². The maximum Gasteiger partial charge on any atom is 0.225 e. The van der Waals surface area contributed by atoms with Crippen LogP contribution in [-0.4, -0.2) is 54.2 Å². The molecule has 170 valence electrons. The number of hydrogen-bond donors (Lipinski definition) is 3. The van der Waals surface area contributed by atoms with Crippen molar-refractivity contribution in [2.45, 2.75) is 13.0 Å². The number of anilines is 3. The maximum absolute atomic E-state index is 14.6. The highest BCUT2D eigenvalue weighted by molar-refractivity contribution is 5.68. The van der Waals surface area contributed by atoms with Crippen molar-refractivity contribution in [2.75, 3.05) is 23.3 Å². The minimum atomic E-state index is -0.692. The van der Waals surface area contributed by atoms with Gasteiger partial charge in [0.1, 0.15) is 11.6 Å². The number of aromatic nitrogens is 6. The van der Waals surface area contributed by atoms with E-state index in [4.69, 9.17) is 0 Å². The van der Waals surface area contributed by atoms with Gasteiger partial charge in [0.2, 0.25) is 11.9 Å². The van der Waals surface area contributed by atoms with Gasteiger partial charge in [0.25, 0.3) is 0 Å². The fourth-order valence-corrected chi connectivity index (χ4v) is 3.86. The number of rotatable bonds is 5. The molecule has 0 aliphatic carbocycles. The van der Waals surface area contributed by atoms with Crippen molar-refractivity contribution in [2.24, 2.45) is 13.0 Å². The first-order chi connectivity index (χ1) is 15.9. The molecular weight excluding hydrogens is 430 g/mol. The zero-order valence-electron chi connectivity index (χ0n) is 18.0. The topological polar surface area (TPSA) is 108 Å². The van der Waals surface area contributed by atoms with Gasteiger partial charge in [-0.25, -0.2) is 14.1 Å². The molecule has 0 unspecified atom stereocenters. The summed E-state index contributed by atoms with van der Waals surface area (Å²) in [4.78, 5) is 11.0. The summed E-state index contributed by atoms with van der Waals surface area (Å²) in [6, 6.07) is 8.12. The highest BCUT2D eigenvalue weighted by atomic mass is 19.1. The Hall–Kier alpha value is -3.86. The lowest BCUT2D eigenvalue weighted by Crippen LogP contribution is -2.21. The summed E-state index contributed by atoms with van der Waals surface area (Å²) < 4.78 is 29.8. The van der Waals surface area contributed by atoms with E-state index in [9.17, 15) is 13.9 Å². The number of aliphatic hydroxyl groups excluding tert-OH is 1. The number of aliphatic hydroxyl groups is 1. The molecule has 4 heterocycles. The maximum atomic E-state index is 14.6. The van der Waals surface area contributed by atoms with Crippen LogP contribution < -0.4 is 10.2 Å². The molecule has 1 aromatic carbocycles. The first kappa shape index (κ1) is 21.0. The molecule has 1 aliphatic heterocycles. The second-order valence-corrected chi connectivity index (χ2v) is 8.15. The third-order valence-electron chi connectivity index (χ3n) is 5.77. The first-order valence-electron chi connectivity index (χ1n) is 10.5. The van der Waals surface area contributed by atoms with Crippen LogP contribution in [0.5, 0.6) is 0 Å². The van der Waals surface area contributed by atoms with Crippen molar-refractivity contribution in [1.29, 1.82) is 0 Å². The monoisotopic (exact) mass is 452 g/mol. The number of aromatic amines is 1. The minimum Gasteiger partial charge on any atom is -0.391 e.